The number of hydrogen-bond donors (Lipinski definition) is 2. The first-order valence-corrected chi connectivity index (χ1v) is 9.00. The molecule has 0 bridgehead atoms. The molecule has 5 rings (SSSR count). The van der Waals surface area contributed by atoms with Crippen molar-refractivity contribution < 1.29 is 0 Å². The lowest BCUT2D eigenvalue weighted by Crippen LogP contribution is -2.24. The number of anilines is 2. The van der Waals surface area contributed by atoms with Crippen LogP contribution >= 0.6 is 11.3 Å². The van der Waals surface area contributed by atoms with Crippen LogP contribution in [-0.4, -0.2) is 19.3 Å². The average Bonchev–Trinajstić information content (AvgIpc) is 3.23. The Morgan fingerprint density at radius 2 is 2.08 bits per heavy atom. The second-order valence-corrected chi connectivity index (χ2v) is 7.63. The smallest absolute Gasteiger partial charge is 0.291 e. The molecule has 0 aliphatic carbocycles. The number of aryl methyl sites for hydroxylation is 2. The van der Waals surface area contributed by atoms with E-state index in [1.165, 1.54) is 4.68 Å². The van der Waals surface area contributed by atoms with E-state index in [2.05, 4.69) is 27.3 Å². The molecular formula is C18H16N6OS. The summed E-state index contributed by atoms with van der Waals surface area (Å²) in [6.45, 7) is 6.24. The van der Waals surface area contributed by atoms with Gasteiger partial charge in [0.1, 0.15) is 11.3 Å². The van der Waals surface area contributed by atoms with E-state index >= 15 is 0 Å². The number of nitrogens with one attached hydrogen (secondary N) is 2. The summed E-state index contributed by atoms with van der Waals surface area (Å²) in [4.78, 5) is 17.5. The van der Waals surface area contributed by atoms with Gasteiger partial charge in [-0.15, -0.1) is 11.3 Å². The van der Waals surface area contributed by atoms with Gasteiger partial charge in [0.15, 0.2) is 5.65 Å². The molecule has 4 aromatic rings. The van der Waals surface area contributed by atoms with E-state index in [1.807, 2.05) is 36.7 Å². The largest absolute Gasteiger partial charge is 0.341 e. The van der Waals surface area contributed by atoms with Gasteiger partial charge < -0.3 is 15.2 Å². The fourth-order valence-electron chi connectivity index (χ4n) is 3.44. The van der Waals surface area contributed by atoms with E-state index in [0.717, 1.165) is 43.5 Å². The minimum atomic E-state index is -0.108. The molecule has 0 unspecified atom stereocenters. The fraction of sp³-hybridized carbons (Fsp3) is 0.167. The number of benzene rings is 1. The summed E-state index contributed by atoms with van der Waals surface area (Å²) in [6.07, 6.45) is 1.77. The average molecular weight is 364 g/mol. The molecule has 130 valence electrons. The summed E-state index contributed by atoms with van der Waals surface area (Å²) in [5.41, 5.74) is 4.31. The van der Waals surface area contributed by atoms with Gasteiger partial charge in [-0.3, -0.25) is 4.79 Å². The first-order chi connectivity index (χ1) is 12.5. The first-order valence-electron chi connectivity index (χ1n) is 8.19. The van der Waals surface area contributed by atoms with Gasteiger partial charge in [-0.25, -0.2) is 9.67 Å². The predicted molar refractivity (Wildman–Crippen MR) is 105 cm³/mol. The molecule has 7 nitrogen and oxygen atoms in total. The van der Waals surface area contributed by atoms with Crippen molar-refractivity contribution in [3.63, 3.8) is 0 Å². The van der Waals surface area contributed by atoms with Crippen LogP contribution in [0, 0.1) is 6.92 Å². The lowest BCUT2D eigenvalue weighted by Gasteiger charge is -2.07. The van der Waals surface area contributed by atoms with Crippen LogP contribution in [0.2, 0.25) is 0 Å². The van der Waals surface area contributed by atoms with Crippen molar-refractivity contribution in [1.82, 2.24) is 19.3 Å². The number of thiazole rings is 1. The van der Waals surface area contributed by atoms with Crippen molar-refractivity contribution in [1.29, 1.82) is 0 Å². The Kier molecular flexibility index (Phi) is 3.02. The zero-order valence-electron chi connectivity index (χ0n) is 14.3. The van der Waals surface area contributed by atoms with Crippen LogP contribution in [0.4, 0.5) is 11.4 Å². The highest BCUT2D eigenvalue weighted by atomic mass is 32.1. The van der Waals surface area contributed by atoms with Gasteiger partial charge in [0.2, 0.25) is 0 Å². The van der Waals surface area contributed by atoms with Crippen LogP contribution in [0.1, 0.15) is 10.6 Å². The molecule has 3 aromatic heterocycles. The molecule has 8 heteroatoms. The molecule has 0 fully saturated rings. The first kappa shape index (κ1) is 15.2. The lowest BCUT2D eigenvalue weighted by atomic mass is 10.2. The minimum absolute atomic E-state index is 0.108. The summed E-state index contributed by atoms with van der Waals surface area (Å²) in [5, 5.41) is 12.6. The SMILES string of the molecule is C=C1Nc2ccc(Cn3ncc4c5sc(C)nc5n(C)c4c3=O)cc2N1. The third-order valence-corrected chi connectivity index (χ3v) is 5.61. The Balaban J connectivity index is 1.61. The van der Waals surface area contributed by atoms with Gasteiger partial charge in [-0.1, -0.05) is 12.6 Å². The number of aromatic nitrogens is 4. The maximum Gasteiger partial charge on any atom is 0.291 e. The van der Waals surface area contributed by atoms with Crippen molar-refractivity contribution in [3.05, 3.63) is 57.7 Å². The van der Waals surface area contributed by atoms with Crippen molar-refractivity contribution in [2.24, 2.45) is 7.05 Å². The summed E-state index contributed by atoms with van der Waals surface area (Å²) < 4.78 is 4.38. The highest BCUT2D eigenvalue weighted by molar-refractivity contribution is 7.19. The summed E-state index contributed by atoms with van der Waals surface area (Å²) >= 11 is 1.59. The van der Waals surface area contributed by atoms with Crippen molar-refractivity contribution in [3.8, 4) is 0 Å². The molecule has 0 amide bonds. The summed E-state index contributed by atoms with van der Waals surface area (Å²) in [5.74, 6) is 0.750. The molecule has 2 N–H and O–H groups in total. The second kappa shape index (κ2) is 5.18. The molecule has 0 atom stereocenters. The Labute approximate surface area is 152 Å². The molecule has 1 aromatic carbocycles. The normalized spacial score (nSPS) is 13.2. The van der Waals surface area contributed by atoms with Crippen LogP contribution in [0.15, 0.2) is 41.6 Å². The standard InChI is InChI=1S/C18H16N6OS/c1-9-20-13-5-4-11(6-14(13)21-9)8-24-18(25)15-12(7-19-24)16-17(23(15)3)22-10(2)26-16/h4-7,20-21H,1,8H2,2-3H3. The second-order valence-electron chi connectivity index (χ2n) is 6.42. The quantitative estimate of drug-likeness (QED) is 0.572. The van der Waals surface area contributed by atoms with Crippen LogP contribution < -0.4 is 16.2 Å². The third kappa shape index (κ3) is 2.08. The Morgan fingerprint density at radius 3 is 2.92 bits per heavy atom. The molecule has 1 aliphatic heterocycles. The van der Waals surface area contributed by atoms with Crippen LogP contribution in [-0.2, 0) is 13.6 Å². The number of hydrogen-bond acceptors (Lipinski definition) is 6. The Hall–Kier alpha value is -3.13. The number of fused-ring (bicyclic) bond motifs is 4. The van der Waals surface area contributed by atoms with Gasteiger partial charge in [0, 0.05) is 12.4 Å². The number of rotatable bonds is 2. The molecule has 0 saturated carbocycles. The lowest BCUT2D eigenvalue weighted by molar-refractivity contribution is 0.644. The number of nitrogens with zero attached hydrogens (tertiary/aromatic N) is 4. The van der Waals surface area contributed by atoms with E-state index in [9.17, 15) is 4.79 Å². The monoisotopic (exact) mass is 364 g/mol. The highest BCUT2D eigenvalue weighted by Gasteiger charge is 2.18. The Bertz CT molecular complexity index is 1280. The van der Waals surface area contributed by atoms with E-state index in [-0.39, 0.29) is 5.56 Å². The molecule has 26 heavy (non-hydrogen) atoms. The fourth-order valence-corrected chi connectivity index (χ4v) is 4.40. The molecular weight excluding hydrogens is 348 g/mol. The van der Waals surface area contributed by atoms with Gasteiger partial charge in [0.05, 0.1) is 33.8 Å². The van der Waals surface area contributed by atoms with Gasteiger partial charge in [0.25, 0.3) is 5.56 Å². The summed E-state index contributed by atoms with van der Waals surface area (Å²) in [7, 11) is 1.88. The topological polar surface area (TPSA) is 76.8 Å². The van der Waals surface area contributed by atoms with Gasteiger partial charge in [-0.2, -0.15) is 5.10 Å². The predicted octanol–water partition coefficient (Wildman–Crippen LogP) is 3.01. The third-order valence-electron chi connectivity index (χ3n) is 4.62. The minimum Gasteiger partial charge on any atom is -0.341 e. The van der Waals surface area contributed by atoms with Crippen molar-refractivity contribution in [2.45, 2.75) is 13.5 Å². The Morgan fingerprint density at radius 1 is 1.27 bits per heavy atom. The molecule has 1 aliphatic rings. The maximum atomic E-state index is 13.0. The highest BCUT2D eigenvalue weighted by Crippen LogP contribution is 2.32. The zero-order valence-corrected chi connectivity index (χ0v) is 15.1. The van der Waals surface area contributed by atoms with Crippen LogP contribution in [0.25, 0.3) is 21.3 Å². The zero-order chi connectivity index (χ0) is 18.0. The maximum absolute atomic E-state index is 13.0. The molecule has 4 heterocycles. The van der Waals surface area contributed by atoms with Crippen molar-refractivity contribution >= 4 is 44.0 Å². The summed E-state index contributed by atoms with van der Waals surface area (Å²) in [6, 6.07) is 5.97. The molecule has 0 radical (unpaired) electrons. The van der Waals surface area contributed by atoms with E-state index in [1.54, 1.807) is 17.5 Å². The van der Waals surface area contributed by atoms with Gasteiger partial charge in [-0.05, 0) is 24.6 Å². The molecule has 0 spiro atoms. The van der Waals surface area contributed by atoms with Crippen LogP contribution in [0.5, 0.6) is 0 Å². The van der Waals surface area contributed by atoms with Gasteiger partial charge >= 0.3 is 0 Å². The van der Waals surface area contributed by atoms with E-state index < -0.39 is 0 Å². The molecule has 0 saturated heterocycles. The van der Waals surface area contributed by atoms with E-state index in [0.29, 0.717) is 12.1 Å². The van der Waals surface area contributed by atoms with E-state index in [4.69, 9.17) is 0 Å². The van der Waals surface area contributed by atoms with Crippen LogP contribution in [0.3, 0.4) is 0 Å². The van der Waals surface area contributed by atoms with Crippen molar-refractivity contribution in [2.75, 3.05) is 10.6 Å².